The van der Waals surface area contributed by atoms with E-state index in [1.54, 1.807) is 7.11 Å². The number of pyridine rings is 1. The molecular weight excluding hydrogens is 737 g/mol. The molecule has 13 heteroatoms. The first-order valence-electron chi connectivity index (χ1n) is 20.6. The van der Waals surface area contributed by atoms with Gasteiger partial charge in [0.25, 0.3) is 0 Å². The molecule has 314 valence electrons. The molecule has 0 radical (unpaired) electrons. The van der Waals surface area contributed by atoms with Gasteiger partial charge in [-0.15, -0.1) is 11.3 Å². The summed E-state index contributed by atoms with van der Waals surface area (Å²) in [5.41, 5.74) is 17.0. The first-order chi connectivity index (χ1) is 27.2. The Morgan fingerprint density at radius 3 is 2.39 bits per heavy atom. The predicted octanol–water partition coefficient (Wildman–Crippen LogP) is 7.14. The third-order valence-electron chi connectivity index (χ3n) is 10.3. The molecule has 0 bridgehead atoms. The van der Waals surface area contributed by atoms with Crippen molar-refractivity contribution in [1.29, 1.82) is 0 Å². The van der Waals surface area contributed by atoms with Crippen molar-refractivity contribution < 1.29 is 19.1 Å². The van der Waals surface area contributed by atoms with Crippen LogP contribution in [-0.2, 0) is 38.4 Å². The lowest BCUT2D eigenvalue weighted by Crippen LogP contribution is -2.44. The second kappa shape index (κ2) is 21.9. The van der Waals surface area contributed by atoms with Crippen molar-refractivity contribution in [2.24, 2.45) is 11.1 Å². The van der Waals surface area contributed by atoms with Crippen LogP contribution in [0.25, 0.3) is 33.4 Å². The normalized spacial score (nSPS) is 16.3. The fourth-order valence-electron chi connectivity index (χ4n) is 7.16. The summed E-state index contributed by atoms with van der Waals surface area (Å²) in [5.74, 6) is -0.287. The van der Waals surface area contributed by atoms with Gasteiger partial charge < -0.3 is 34.4 Å². The Kier molecular flexibility index (Phi) is 17.6. The van der Waals surface area contributed by atoms with Crippen LogP contribution in [0.4, 0.5) is 5.69 Å². The number of esters is 1. The van der Waals surface area contributed by atoms with Crippen LogP contribution in [-0.4, -0.2) is 110 Å². The summed E-state index contributed by atoms with van der Waals surface area (Å²) in [6.45, 7) is 21.5. The summed E-state index contributed by atoms with van der Waals surface area (Å²) >= 11 is 1.52. The number of benzene rings is 1. The summed E-state index contributed by atoms with van der Waals surface area (Å²) in [5, 5.41) is 6.12. The number of hydrogen-bond acceptors (Lipinski definition) is 12. The molecule has 2 unspecified atom stereocenters. The minimum absolute atomic E-state index is 0.224. The number of methoxy groups -OCH3 is 1. The van der Waals surface area contributed by atoms with Gasteiger partial charge in [-0.3, -0.25) is 15.2 Å². The molecule has 0 saturated carbocycles. The monoisotopic (exact) mass is 805 g/mol. The van der Waals surface area contributed by atoms with Gasteiger partial charge in [0, 0.05) is 106 Å². The molecule has 2 aliphatic heterocycles. The summed E-state index contributed by atoms with van der Waals surface area (Å²) in [6.07, 6.45) is 7.54. The third-order valence-corrected chi connectivity index (χ3v) is 11.2. The van der Waals surface area contributed by atoms with Crippen molar-refractivity contribution >= 4 is 40.2 Å². The molecule has 2 fully saturated rings. The van der Waals surface area contributed by atoms with Crippen molar-refractivity contribution in [3.8, 4) is 22.5 Å². The number of rotatable bonds is 13. The fraction of sp³-hybridized carbons (Fsp3) is 0.591. The predicted molar refractivity (Wildman–Crippen MR) is 235 cm³/mol. The van der Waals surface area contributed by atoms with E-state index in [0.29, 0.717) is 19.4 Å². The highest BCUT2D eigenvalue weighted by molar-refractivity contribution is 7.10. The van der Waals surface area contributed by atoms with E-state index in [0.717, 1.165) is 95.4 Å². The summed E-state index contributed by atoms with van der Waals surface area (Å²) < 4.78 is 13.8. The molecule has 0 aliphatic carbocycles. The Balaban J connectivity index is 0.000000633. The number of ether oxygens (including phenoxy) is 2. The highest BCUT2D eigenvalue weighted by atomic mass is 32.1. The maximum absolute atomic E-state index is 11.9. The van der Waals surface area contributed by atoms with Crippen LogP contribution in [0.5, 0.6) is 0 Å². The Bertz CT molecular complexity index is 1880. The standard InChI is InChI=1S/C36H48N6O4S.C5H12N2.C3H8/c1-8-42-32-10-9-25(31-21-47-33(39-31)16-26(37)20-43)15-28(32)30(18-36(4,5)22-46-24(3)44)35(42)29-17-27(19-38-34(29)23(2)45-7)41-13-11-40(6)12-14-41;1-7-5-3-2-4-6-7;1-3-2/h9-10,15,17,19-21,23,26H,8,11-14,16,18,22,37H2,1-7H3;6H,2-5H2,1H3;3H2,1-2H3. The van der Waals surface area contributed by atoms with Gasteiger partial charge in [0.05, 0.1) is 52.7 Å². The molecule has 1 aromatic carbocycles. The summed E-state index contributed by atoms with van der Waals surface area (Å²) in [4.78, 5) is 37.7. The molecular formula is C44H68N8O4S. The number of thiazole rings is 1. The Labute approximate surface area is 345 Å². The third kappa shape index (κ3) is 12.6. The lowest BCUT2D eigenvalue weighted by Gasteiger charge is -2.34. The second-order valence-electron chi connectivity index (χ2n) is 16.1. The Morgan fingerprint density at radius 1 is 1.09 bits per heavy atom. The number of aldehydes is 1. The van der Waals surface area contributed by atoms with Crippen LogP contribution in [0.3, 0.4) is 0 Å². The van der Waals surface area contributed by atoms with Gasteiger partial charge in [0.2, 0.25) is 0 Å². The van der Waals surface area contributed by atoms with Gasteiger partial charge >= 0.3 is 5.97 Å². The molecule has 2 aliphatic rings. The molecule has 6 rings (SSSR count). The number of anilines is 1. The zero-order chi connectivity index (χ0) is 41.7. The van der Waals surface area contributed by atoms with E-state index < -0.39 is 6.04 Å². The molecule has 5 heterocycles. The number of aromatic nitrogens is 3. The van der Waals surface area contributed by atoms with Gasteiger partial charge in [-0.25, -0.2) is 9.99 Å². The number of hydrazine groups is 1. The first kappa shape index (κ1) is 46.0. The number of carbonyl (C=O) groups excluding carboxylic acids is 2. The van der Waals surface area contributed by atoms with E-state index >= 15 is 0 Å². The van der Waals surface area contributed by atoms with Crippen molar-refractivity contribution in [1.82, 2.24) is 29.9 Å². The average Bonchev–Trinajstić information content (AvgIpc) is 3.79. The van der Waals surface area contributed by atoms with Gasteiger partial charge in [0.1, 0.15) is 6.29 Å². The minimum atomic E-state index is -0.567. The number of likely N-dealkylation sites (N-methyl/N-ethyl adjacent to an activating group) is 1. The van der Waals surface area contributed by atoms with Crippen LogP contribution >= 0.6 is 11.3 Å². The smallest absolute Gasteiger partial charge is 0.302 e. The van der Waals surface area contributed by atoms with E-state index in [1.807, 2.05) is 18.5 Å². The molecule has 57 heavy (non-hydrogen) atoms. The van der Waals surface area contributed by atoms with Crippen molar-refractivity contribution in [3.63, 3.8) is 0 Å². The fourth-order valence-corrected chi connectivity index (χ4v) is 8.04. The van der Waals surface area contributed by atoms with Crippen molar-refractivity contribution in [2.45, 2.75) is 99.3 Å². The molecule has 3 aromatic heterocycles. The van der Waals surface area contributed by atoms with Crippen LogP contribution in [0, 0.1) is 5.41 Å². The topological polar surface area (TPSA) is 131 Å². The number of nitrogens with zero attached hydrogens (tertiary/aromatic N) is 6. The lowest BCUT2D eigenvalue weighted by atomic mass is 9.84. The zero-order valence-electron chi connectivity index (χ0n) is 36.2. The summed E-state index contributed by atoms with van der Waals surface area (Å²) in [7, 11) is 5.97. The van der Waals surface area contributed by atoms with Crippen molar-refractivity contribution in [3.05, 3.63) is 52.1 Å². The SMILES string of the molecule is CCC.CCn1c(-c2cc(N3CCN(C)CC3)cnc2C(C)OC)c(CC(C)(C)COC(C)=O)c2cc(-c3csc(CC(N)C=O)n3)ccc21.CN1CCCCN1. The zero-order valence-corrected chi connectivity index (χ0v) is 37.0. The largest absolute Gasteiger partial charge is 0.465 e. The van der Waals surface area contributed by atoms with Crippen LogP contribution in [0.1, 0.15) is 90.1 Å². The van der Waals surface area contributed by atoms with E-state index in [-0.39, 0.29) is 17.5 Å². The number of nitrogens with one attached hydrogen (secondary N) is 1. The molecule has 2 atom stereocenters. The van der Waals surface area contributed by atoms with Crippen LogP contribution in [0.15, 0.2) is 35.8 Å². The Morgan fingerprint density at radius 2 is 1.81 bits per heavy atom. The van der Waals surface area contributed by atoms with E-state index in [2.05, 4.69) is 97.8 Å². The van der Waals surface area contributed by atoms with Crippen LogP contribution < -0.4 is 16.1 Å². The average molecular weight is 805 g/mol. The van der Waals surface area contributed by atoms with E-state index in [1.165, 1.54) is 49.6 Å². The van der Waals surface area contributed by atoms with E-state index in [4.69, 9.17) is 25.2 Å². The number of nitrogens with two attached hydrogens (primary N) is 1. The maximum Gasteiger partial charge on any atom is 0.302 e. The van der Waals surface area contributed by atoms with Gasteiger partial charge in [0.15, 0.2) is 0 Å². The lowest BCUT2D eigenvalue weighted by molar-refractivity contribution is -0.143. The number of carbonyl (C=O) groups is 2. The molecule has 4 aromatic rings. The van der Waals surface area contributed by atoms with Crippen LogP contribution in [0.2, 0.25) is 0 Å². The molecule has 12 nitrogen and oxygen atoms in total. The van der Waals surface area contributed by atoms with Gasteiger partial charge in [-0.2, -0.15) is 0 Å². The van der Waals surface area contributed by atoms with Gasteiger partial charge in [-0.05, 0) is 63.9 Å². The van der Waals surface area contributed by atoms with Gasteiger partial charge in [-0.1, -0.05) is 40.2 Å². The first-order valence-corrected chi connectivity index (χ1v) is 21.5. The quantitative estimate of drug-likeness (QED) is 0.106. The molecule has 0 spiro atoms. The number of piperazine rings is 1. The van der Waals surface area contributed by atoms with E-state index in [9.17, 15) is 9.59 Å². The highest BCUT2D eigenvalue weighted by Crippen LogP contribution is 2.43. The minimum Gasteiger partial charge on any atom is -0.465 e. The molecule has 3 N–H and O–H groups in total. The highest BCUT2D eigenvalue weighted by Gasteiger charge is 2.30. The Hall–Kier alpha value is -3.72. The maximum atomic E-state index is 11.9. The molecule has 2 saturated heterocycles. The molecule has 0 amide bonds. The second-order valence-corrected chi connectivity index (χ2v) is 17.0. The number of hydrogen-bond donors (Lipinski definition) is 2. The van der Waals surface area contributed by atoms with Crippen molar-refractivity contribution in [2.75, 3.05) is 72.0 Å². The summed E-state index contributed by atoms with van der Waals surface area (Å²) in [6, 6.07) is 8.23. The number of fused-ring (bicyclic) bond motifs is 1. The number of aryl methyl sites for hydroxylation is 1.